The Morgan fingerprint density at radius 2 is 2.50 bits per heavy atom. The lowest BCUT2D eigenvalue weighted by Gasteiger charge is -2.39. The molecule has 2 aliphatic heterocycles. The minimum Gasteiger partial charge on any atom is -0.371 e. The Morgan fingerprint density at radius 1 is 1.58 bits per heavy atom. The second kappa shape index (κ2) is 6.18. The summed E-state index contributed by atoms with van der Waals surface area (Å²) in [6, 6.07) is 2.05. The van der Waals surface area contributed by atoms with Crippen molar-refractivity contribution in [2.24, 2.45) is 0 Å². The Bertz CT molecular complexity index is 716. The first-order chi connectivity index (χ1) is 11.6. The average molecular weight is 347 g/mol. The molecule has 2 atom stereocenters. The fourth-order valence-corrected chi connectivity index (χ4v) is 4.26. The van der Waals surface area contributed by atoms with E-state index < -0.39 is 0 Å². The lowest BCUT2D eigenvalue weighted by molar-refractivity contribution is -0.0448. The van der Waals surface area contributed by atoms with E-state index in [0.717, 1.165) is 36.6 Å². The summed E-state index contributed by atoms with van der Waals surface area (Å²) in [6.07, 6.45) is 4.65. The highest BCUT2D eigenvalue weighted by atomic mass is 32.1. The van der Waals surface area contributed by atoms with Crippen LogP contribution in [0.2, 0.25) is 0 Å². The molecule has 0 radical (unpaired) electrons. The van der Waals surface area contributed by atoms with Crippen molar-refractivity contribution in [2.75, 3.05) is 25.0 Å². The molecule has 4 heterocycles. The molecule has 2 aromatic rings. The van der Waals surface area contributed by atoms with Gasteiger partial charge in [0.15, 0.2) is 5.13 Å². The van der Waals surface area contributed by atoms with Crippen molar-refractivity contribution in [1.82, 2.24) is 20.1 Å². The van der Waals surface area contributed by atoms with Crippen LogP contribution in [-0.4, -0.2) is 57.3 Å². The molecule has 2 saturated heterocycles. The Balaban J connectivity index is 1.42. The number of amides is 1. The number of piperidine rings is 1. The summed E-state index contributed by atoms with van der Waals surface area (Å²) in [4.78, 5) is 18.8. The van der Waals surface area contributed by atoms with Gasteiger partial charge in [-0.25, -0.2) is 4.98 Å². The maximum Gasteiger partial charge on any atom is 0.274 e. The molecule has 7 nitrogen and oxygen atoms in total. The molecule has 0 aliphatic carbocycles. The van der Waals surface area contributed by atoms with Crippen molar-refractivity contribution in [1.29, 1.82) is 0 Å². The number of hydrogen-bond acceptors (Lipinski definition) is 6. The van der Waals surface area contributed by atoms with Crippen LogP contribution in [0.25, 0.3) is 0 Å². The van der Waals surface area contributed by atoms with Gasteiger partial charge in [-0.05, 0) is 25.8 Å². The van der Waals surface area contributed by atoms with Gasteiger partial charge in [0.2, 0.25) is 0 Å². The number of thiazole rings is 1. The van der Waals surface area contributed by atoms with Gasteiger partial charge in [-0.1, -0.05) is 0 Å². The van der Waals surface area contributed by atoms with Crippen molar-refractivity contribution in [3.05, 3.63) is 29.0 Å². The molecule has 4 rings (SSSR count). The maximum atomic E-state index is 12.7. The molecule has 128 valence electrons. The first kappa shape index (κ1) is 15.6. The van der Waals surface area contributed by atoms with Crippen molar-refractivity contribution in [3.63, 3.8) is 0 Å². The monoisotopic (exact) mass is 347 g/mol. The molecule has 2 fully saturated rings. The van der Waals surface area contributed by atoms with Crippen LogP contribution in [0.3, 0.4) is 0 Å². The molecule has 2 aliphatic rings. The van der Waals surface area contributed by atoms with Gasteiger partial charge in [0.25, 0.3) is 5.91 Å². The Labute approximate surface area is 144 Å². The van der Waals surface area contributed by atoms with Gasteiger partial charge in [-0.2, -0.15) is 5.10 Å². The molecule has 8 heteroatoms. The predicted octanol–water partition coefficient (Wildman–Crippen LogP) is 2.05. The fraction of sp³-hybridized carbons (Fsp3) is 0.562. The fourth-order valence-electron chi connectivity index (χ4n) is 3.65. The standard InChI is InChI=1S/C16H21N5O2S/c1-11-7-13(20-19-11)14(22)21-5-2-3-16(10-21)8-12(9-23-16)18-15-17-4-6-24-15/h4,6-7,12H,2-3,5,8-10H2,1H3,(H,17,18)(H,19,20)/t12-,16-/m1/s1. The van der Waals surface area contributed by atoms with E-state index in [1.165, 1.54) is 0 Å². The second-order valence-electron chi connectivity index (χ2n) is 6.64. The molecule has 0 aromatic carbocycles. The van der Waals surface area contributed by atoms with E-state index in [2.05, 4.69) is 20.5 Å². The quantitative estimate of drug-likeness (QED) is 0.888. The summed E-state index contributed by atoms with van der Waals surface area (Å²) in [6.45, 7) is 3.95. The van der Waals surface area contributed by atoms with Gasteiger partial charge in [0, 0.05) is 30.2 Å². The lowest BCUT2D eigenvalue weighted by Crippen LogP contribution is -2.50. The third kappa shape index (κ3) is 3.03. The number of aromatic amines is 1. The number of nitrogens with zero attached hydrogens (tertiary/aromatic N) is 3. The van der Waals surface area contributed by atoms with Gasteiger partial charge in [0.1, 0.15) is 5.69 Å². The topological polar surface area (TPSA) is 83.1 Å². The Hall–Kier alpha value is -1.93. The smallest absolute Gasteiger partial charge is 0.274 e. The van der Waals surface area contributed by atoms with Crippen LogP contribution in [0, 0.1) is 6.92 Å². The molecule has 0 saturated carbocycles. The number of carbonyl (C=O) groups is 1. The van der Waals surface area contributed by atoms with Crippen LogP contribution in [0.15, 0.2) is 17.6 Å². The third-order valence-electron chi connectivity index (χ3n) is 4.72. The summed E-state index contributed by atoms with van der Waals surface area (Å²) in [5, 5.41) is 13.3. The van der Waals surface area contributed by atoms with Gasteiger partial charge < -0.3 is 15.0 Å². The van der Waals surface area contributed by atoms with E-state index in [0.29, 0.717) is 18.8 Å². The van der Waals surface area contributed by atoms with Crippen LogP contribution in [0.1, 0.15) is 35.4 Å². The molecular formula is C16H21N5O2S. The number of H-pyrrole nitrogens is 1. The predicted molar refractivity (Wildman–Crippen MR) is 91.3 cm³/mol. The second-order valence-corrected chi connectivity index (χ2v) is 7.54. The highest BCUT2D eigenvalue weighted by molar-refractivity contribution is 7.13. The number of anilines is 1. The SMILES string of the molecule is Cc1cc(C(=O)N2CCC[C@@]3(C[C@@H](Nc4nccs4)CO3)C2)n[nH]1. The molecular weight excluding hydrogens is 326 g/mol. The molecule has 2 aromatic heterocycles. The van der Waals surface area contributed by atoms with Crippen LogP contribution < -0.4 is 5.32 Å². The number of rotatable bonds is 3. The summed E-state index contributed by atoms with van der Waals surface area (Å²) >= 11 is 1.60. The van der Waals surface area contributed by atoms with Crippen molar-refractivity contribution < 1.29 is 9.53 Å². The van der Waals surface area contributed by atoms with Crippen LogP contribution >= 0.6 is 11.3 Å². The van der Waals surface area contributed by atoms with E-state index in [1.54, 1.807) is 23.6 Å². The van der Waals surface area contributed by atoms with Crippen molar-refractivity contribution >= 4 is 22.4 Å². The highest BCUT2D eigenvalue weighted by Crippen LogP contribution is 2.36. The Morgan fingerprint density at radius 3 is 3.25 bits per heavy atom. The van der Waals surface area contributed by atoms with Crippen molar-refractivity contribution in [2.45, 2.75) is 37.8 Å². The summed E-state index contributed by atoms with van der Waals surface area (Å²) < 4.78 is 6.16. The molecule has 0 unspecified atom stereocenters. The van der Waals surface area contributed by atoms with Crippen LogP contribution in [-0.2, 0) is 4.74 Å². The maximum absolute atomic E-state index is 12.7. The van der Waals surface area contributed by atoms with Gasteiger partial charge in [-0.15, -0.1) is 11.3 Å². The largest absolute Gasteiger partial charge is 0.371 e. The minimum absolute atomic E-state index is 0.0154. The molecule has 2 N–H and O–H groups in total. The van der Waals surface area contributed by atoms with Gasteiger partial charge >= 0.3 is 0 Å². The first-order valence-corrected chi connectivity index (χ1v) is 9.13. The molecule has 1 spiro atoms. The van der Waals surface area contributed by atoms with Crippen molar-refractivity contribution in [3.8, 4) is 0 Å². The van der Waals surface area contributed by atoms with E-state index in [9.17, 15) is 4.79 Å². The number of aromatic nitrogens is 3. The zero-order chi connectivity index (χ0) is 16.6. The highest BCUT2D eigenvalue weighted by Gasteiger charge is 2.45. The number of carbonyl (C=O) groups excluding carboxylic acids is 1. The van der Waals surface area contributed by atoms with Crippen LogP contribution in [0.5, 0.6) is 0 Å². The van der Waals surface area contributed by atoms with E-state index in [-0.39, 0.29) is 17.6 Å². The molecule has 1 amide bonds. The summed E-state index contributed by atoms with van der Waals surface area (Å²) in [5.41, 5.74) is 1.14. The number of nitrogens with one attached hydrogen (secondary N) is 2. The summed E-state index contributed by atoms with van der Waals surface area (Å²) in [7, 11) is 0. The molecule has 0 bridgehead atoms. The van der Waals surface area contributed by atoms with Gasteiger partial charge in [-0.3, -0.25) is 9.89 Å². The van der Waals surface area contributed by atoms with E-state index in [1.807, 2.05) is 17.2 Å². The minimum atomic E-state index is -0.242. The van der Waals surface area contributed by atoms with Gasteiger partial charge in [0.05, 0.1) is 24.8 Å². The average Bonchev–Trinajstić information content (AvgIpc) is 3.30. The normalized spacial score (nSPS) is 26.9. The summed E-state index contributed by atoms with van der Waals surface area (Å²) in [5.74, 6) is -0.0154. The first-order valence-electron chi connectivity index (χ1n) is 8.25. The lowest BCUT2D eigenvalue weighted by atomic mass is 9.88. The zero-order valence-electron chi connectivity index (χ0n) is 13.6. The number of aryl methyl sites for hydroxylation is 1. The Kier molecular flexibility index (Phi) is 4.01. The van der Waals surface area contributed by atoms with Crippen LogP contribution in [0.4, 0.5) is 5.13 Å². The zero-order valence-corrected chi connectivity index (χ0v) is 14.4. The number of likely N-dealkylation sites (tertiary alicyclic amines) is 1. The number of ether oxygens (including phenoxy) is 1. The molecule has 24 heavy (non-hydrogen) atoms. The number of hydrogen-bond donors (Lipinski definition) is 2. The van der Waals surface area contributed by atoms with E-state index >= 15 is 0 Å². The third-order valence-corrected chi connectivity index (χ3v) is 5.43. The van der Waals surface area contributed by atoms with E-state index in [4.69, 9.17) is 4.74 Å².